The van der Waals surface area contributed by atoms with E-state index in [2.05, 4.69) is 11.0 Å². The summed E-state index contributed by atoms with van der Waals surface area (Å²) in [5.74, 6) is 1.22. The first kappa shape index (κ1) is 19.0. The Morgan fingerprint density at radius 3 is 2.03 bits per heavy atom. The summed E-state index contributed by atoms with van der Waals surface area (Å²) in [4.78, 5) is 9.22. The Balaban J connectivity index is 1.90. The van der Waals surface area contributed by atoms with E-state index in [1.165, 1.54) is 12.1 Å². The zero-order valence-electron chi connectivity index (χ0n) is 16.2. The van der Waals surface area contributed by atoms with Crippen LogP contribution in [0.15, 0.2) is 60.8 Å². The lowest BCUT2D eigenvalue weighted by Gasteiger charge is -2.10. The van der Waals surface area contributed by atoms with Gasteiger partial charge in [-0.1, -0.05) is 22.8 Å². The van der Waals surface area contributed by atoms with Crippen LogP contribution in [0, 0.1) is 0 Å². The highest BCUT2D eigenvalue weighted by molar-refractivity contribution is 5.82. The molecule has 0 amide bonds. The van der Waals surface area contributed by atoms with Crippen molar-refractivity contribution in [3.8, 4) is 0 Å². The number of hydrogen-bond donors (Lipinski definition) is 0. The van der Waals surface area contributed by atoms with Crippen molar-refractivity contribution < 1.29 is 13.2 Å². The Kier molecular flexibility index (Phi) is 4.35. The molecular formula is C22H19F3N4+2. The van der Waals surface area contributed by atoms with Gasteiger partial charge in [-0.3, -0.25) is 0 Å². The molecular weight excluding hydrogens is 377 g/mol. The molecule has 7 heteroatoms. The molecule has 29 heavy (non-hydrogen) atoms. The van der Waals surface area contributed by atoms with Crippen molar-refractivity contribution >= 4 is 28.9 Å². The average Bonchev–Trinajstić information content (AvgIpc) is 3.06. The first-order valence-electron chi connectivity index (χ1n) is 9.11. The molecule has 1 aliphatic rings. The second-order valence-corrected chi connectivity index (χ2v) is 7.80. The van der Waals surface area contributed by atoms with E-state index < -0.39 is 11.7 Å². The molecule has 0 saturated carbocycles. The van der Waals surface area contributed by atoms with Crippen molar-refractivity contribution in [1.82, 2.24) is 19.1 Å². The number of fused-ring (bicyclic) bond motifs is 1. The smallest absolute Gasteiger partial charge is 0.204 e. The first-order chi connectivity index (χ1) is 13.6. The molecule has 4 nitrogen and oxygen atoms in total. The number of benzene rings is 2. The van der Waals surface area contributed by atoms with Crippen LogP contribution >= 0.6 is 0 Å². The Morgan fingerprint density at radius 2 is 1.45 bits per heavy atom. The highest BCUT2D eigenvalue weighted by atomic mass is 19.4. The largest absolute Gasteiger partial charge is 0.463 e. The van der Waals surface area contributed by atoms with Crippen LogP contribution in [0.1, 0.15) is 32.2 Å². The maximum Gasteiger partial charge on any atom is 0.463 e. The van der Waals surface area contributed by atoms with Crippen LogP contribution in [-0.4, -0.2) is 16.0 Å². The standard InChI is InChI=1S/C22H19F3N4/c1-21(2,3)20-26-13-18-19(27-20)29(14-28(18)16-7-5-4-6-8-16)17-11-9-15(10-12-17)22(23,24)25/h4-13H,1-3H3/q+2. The molecule has 4 rings (SSSR count). The van der Waals surface area contributed by atoms with Crippen LogP contribution in [0.4, 0.5) is 36.1 Å². The SMILES string of the molecule is CC(C)(C)c1ncc2c(n1)[N+](c1ccc(C(F)(F)F)cc1)=C=[N+]2c1ccccc1. The van der Waals surface area contributed by atoms with Crippen LogP contribution in [0.25, 0.3) is 0 Å². The summed E-state index contributed by atoms with van der Waals surface area (Å²) in [5.41, 5.74) is 1.13. The molecule has 2 heterocycles. The van der Waals surface area contributed by atoms with Crippen LogP contribution in [-0.2, 0) is 11.6 Å². The van der Waals surface area contributed by atoms with Crippen LogP contribution < -0.4 is 9.15 Å². The molecule has 0 radical (unpaired) electrons. The number of halogens is 3. The molecule has 0 saturated heterocycles. The summed E-state index contributed by atoms with van der Waals surface area (Å²) in [6, 6.07) is 17.7. The molecule has 1 aliphatic heterocycles. The predicted octanol–water partition coefficient (Wildman–Crippen LogP) is 5.65. The minimum atomic E-state index is -4.38. The van der Waals surface area contributed by atoms with E-state index in [1.807, 2.05) is 51.1 Å². The van der Waals surface area contributed by atoms with Crippen molar-refractivity contribution in [3.05, 3.63) is 72.2 Å². The van der Waals surface area contributed by atoms with Gasteiger partial charge in [0, 0.05) is 4.98 Å². The Bertz CT molecular complexity index is 1140. The third-order valence-electron chi connectivity index (χ3n) is 4.54. The molecule has 0 spiro atoms. The summed E-state index contributed by atoms with van der Waals surface area (Å²) < 4.78 is 42.3. The molecule has 0 N–H and O–H groups in total. The number of para-hydroxylation sites is 1. The number of nitrogens with zero attached hydrogens (tertiary/aromatic N) is 4. The fourth-order valence-corrected chi connectivity index (χ4v) is 3.00. The zero-order valence-corrected chi connectivity index (χ0v) is 16.2. The van der Waals surface area contributed by atoms with Gasteiger partial charge in [-0.05, 0) is 57.2 Å². The van der Waals surface area contributed by atoms with Crippen LogP contribution in [0.2, 0.25) is 0 Å². The van der Waals surface area contributed by atoms with E-state index in [4.69, 9.17) is 4.98 Å². The normalized spacial score (nSPS) is 13.7. The summed E-state index contributed by atoms with van der Waals surface area (Å²) in [6.45, 7) is 6.03. The maximum absolute atomic E-state index is 12.9. The molecule has 146 valence electrons. The molecule has 3 aromatic rings. The minimum absolute atomic E-state index is 0.277. The number of alkyl halides is 3. The average molecular weight is 396 g/mol. The quantitative estimate of drug-likeness (QED) is 0.410. The summed E-state index contributed by atoms with van der Waals surface area (Å²) in [5, 5.41) is 0. The van der Waals surface area contributed by atoms with E-state index >= 15 is 0 Å². The molecule has 1 aromatic heterocycles. The zero-order chi connectivity index (χ0) is 20.8. The number of rotatable bonds is 2. The summed E-state index contributed by atoms with van der Waals surface area (Å²) >= 11 is 0. The summed E-state index contributed by atoms with van der Waals surface area (Å²) in [6.07, 6.45) is -2.65. The van der Waals surface area contributed by atoms with E-state index in [-0.39, 0.29) is 5.41 Å². The lowest BCUT2D eigenvalue weighted by Crippen LogP contribution is -2.17. The fraction of sp³-hybridized carbons (Fsp3) is 0.227. The monoisotopic (exact) mass is 396 g/mol. The fourth-order valence-electron chi connectivity index (χ4n) is 3.00. The molecule has 0 atom stereocenters. The number of aromatic nitrogens is 2. The van der Waals surface area contributed by atoms with Crippen molar-refractivity contribution in [3.63, 3.8) is 0 Å². The second kappa shape index (κ2) is 6.64. The maximum atomic E-state index is 12.9. The van der Waals surface area contributed by atoms with Crippen molar-refractivity contribution in [2.45, 2.75) is 32.4 Å². The highest BCUT2D eigenvalue weighted by Crippen LogP contribution is 2.36. The van der Waals surface area contributed by atoms with E-state index in [0.717, 1.165) is 17.8 Å². The Morgan fingerprint density at radius 1 is 0.828 bits per heavy atom. The van der Waals surface area contributed by atoms with Gasteiger partial charge in [-0.25, -0.2) is 4.98 Å². The van der Waals surface area contributed by atoms with Gasteiger partial charge >= 0.3 is 23.7 Å². The van der Waals surface area contributed by atoms with Crippen LogP contribution in [0.3, 0.4) is 0 Å². The van der Waals surface area contributed by atoms with Gasteiger partial charge in [0.2, 0.25) is 0 Å². The second-order valence-electron chi connectivity index (χ2n) is 7.80. The Hall–Kier alpha value is -3.31. The molecule has 0 aliphatic carbocycles. The van der Waals surface area contributed by atoms with Gasteiger partial charge in [-0.15, -0.1) is 4.58 Å². The van der Waals surface area contributed by atoms with Crippen molar-refractivity contribution in [2.75, 3.05) is 0 Å². The van der Waals surface area contributed by atoms with Crippen LogP contribution in [0.5, 0.6) is 0 Å². The van der Waals surface area contributed by atoms with Gasteiger partial charge in [-0.2, -0.15) is 13.2 Å². The van der Waals surface area contributed by atoms with E-state index in [1.54, 1.807) is 15.3 Å². The summed E-state index contributed by atoms with van der Waals surface area (Å²) in [7, 11) is 0. The molecule has 0 unspecified atom stereocenters. The van der Waals surface area contributed by atoms with Gasteiger partial charge in [0.1, 0.15) is 0 Å². The highest BCUT2D eigenvalue weighted by Gasteiger charge is 2.40. The minimum Gasteiger partial charge on any atom is -0.204 e. The Labute approximate surface area is 166 Å². The molecule has 0 bridgehead atoms. The topological polar surface area (TPSA) is 31.8 Å². The number of hydrogen-bond acceptors (Lipinski definition) is 2. The van der Waals surface area contributed by atoms with Gasteiger partial charge in [0.05, 0.1) is 17.2 Å². The first-order valence-corrected chi connectivity index (χ1v) is 9.11. The van der Waals surface area contributed by atoms with E-state index in [9.17, 15) is 13.2 Å². The van der Waals surface area contributed by atoms with Gasteiger partial charge < -0.3 is 0 Å². The van der Waals surface area contributed by atoms with Crippen molar-refractivity contribution in [2.24, 2.45) is 0 Å². The van der Waals surface area contributed by atoms with E-state index in [0.29, 0.717) is 23.0 Å². The lowest BCUT2D eigenvalue weighted by atomic mass is 9.96. The molecule has 2 aromatic carbocycles. The van der Waals surface area contributed by atoms with Gasteiger partial charge in [0.15, 0.2) is 11.4 Å². The third-order valence-corrected chi connectivity index (χ3v) is 4.54. The predicted molar refractivity (Wildman–Crippen MR) is 107 cm³/mol. The molecule has 0 fully saturated rings. The van der Waals surface area contributed by atoms with Gasteiger partial charge in [0.25, 0.3) is 5.82 Å². The van der Waals surface area contributed by atoms with Crippen molar-refractivity contribution in [1.29, 1.82) is 0 Å². The lowest BCUT2D eigenvalue weighted by molar-refractivity contribution is -0.137. The third kappa shape index (κ3) is 3.57.